The van der Waals surface area contributed by atoms with Crippen molar-refractivity contribution >= 4 is 21.4 Å². The third kappa shape index (κ3) is 3.05. The second-order valence-electron chi connectivity index (χ2n) is 6.32. The molecule has 4 rings (SSSR count). The molecule has 0 spiro atoms. The zero-order chi connectivity index (χ0) is 18.3. The molecule has 0 aliphatic heterocycles. The van der Waals surface area contributed by atoms with Crippen molar-refractivity contribution in [3.8, 4) is 11.1 Å². The zero-order valence-corrected chi connectivity index (χ0v) is 15.5. The molecule has 3 atom stereocenters. The van der Waals surface area contributed by atoms with Gasteiger partial charge in [0.1, 0.15) is 15.3 Å². The largest absolute Gasteiger partial charge is 0.250 e. The molecule has 1 aliphatic rings. The molecule has 0 amide bonds. The molecule has 1 fully saturated rings. The minimum absolute atomic E-state index is 0.0946. The molecule has 0 bridgehead atoms. The molecule has 2 heterocycles. The molecule has 6 nitrogen and oxygen atoms in total. The fraction of sp³-hybridized carbons (Fsp3) is 0.222. The Bertz CT molecular complexity index is 1080. The van der Waals surface area contributed by atoms with Crippen LogP contribution in [0.15, 0.2) is 59.1 Å². The molecular formula is C18H16N4O2S2. The third-order valence-corrected chi connectivity index (χ3v) is 7.65. The van der Waals surface area contributed by atoms with Crippen LogP contribution in [-0.4, -0.2) is 24.2 Å². The zero-order valence-electron chi connectivity index (χ0n) is 13.9. The molecule has 0 saturated heterocycles. The van der Waals surface area contributed by atoms with Gasteiger partial charge in [0, 0.05) is 18.2 Å². The molecule has 3 aromatic rings. The van der Waals surface area contributed by atoms with Gasteiger partial charge in [0.25, 0.3) is 0 Å². The summed E-state index contributed by atoms with van der Waals surface area (Å²) in [5.41, 5.74) is 1.58. The quantitative estimate of drug-likeness (QED) is 0.733. The lowest BCUT2D eigenvalue weighted by molar-refractivity contribution is 0.580. The number of aromatic nitrogens is 2. The predicted molar refractivity (Wildman–Crippen MR) is 98.6 cm³/mol. The summed E-state index contributed by atoms with van der Waals surface area (Å²) in [7, 11) is -3.59. The van der Waals surface area contributed by atoms with Gasteiger partial charge in [-0.3, -0.25) is 0 Å². The highest BCUT2D eigenvalue weighted by Crippen LogP contribution is 2.48. The Kier molecular flexibility index (Phi) is 4.15. The molecule has 26 heavy (non-hydrogen) atoms. The van der Waals surface area contributed by atoms with Gasteiger partial charge < -0.3 is 0 Å². The average molecular weight is 384 g/mol. The molecule has 0 radical (unpaired) electrons. The first-order valence-electron chi connectivity index (χ1n) is 8.12. The Morgan fingerprint density at radius 1 is 1.23 bits per heavy atom. The van der Waals surface area contributed by atoms with Crippen LogP contribution in [0.1, 0.15) is 24.0 Å². The highest BCUT2D eigenvalue weighted by atomic mass is 32.2. The van der Waals surface area contributed by atoms with Crippen molar-refractivity contribution in [2.45, 2.75) is 23.1 Å². The molecule has 1 aromatic carbocycles. The van der Waals surface area contributed by atoms with E-state index in [0.717, 1.165) is 16.9 Å². The van der Waals surface area contributed by atoms with Crippen LogP contribution >= 0.6 is 11.3 Å². The SMILES string of the molecule is C[C@H]1[C@H](NS(=O)(=O)c2ccc(-n3cc(C#N)cn3)s2)[C@H]1c1ccccc1. The molecule has 1 aliphatic carbocycles. The third-order valence-electron chi connectivity index (χ3n) is 4.62. The average Bonchev–Trinajstić information content (AvgIpc) is 3.09. The van der Waals surface area contributed by atoms with Crippen LogP contribution in [0, 0.1) is 17.2 Å². The van der Waals surface area contributed by atoms with Gasteiger partial charge in [-0.2, -0.15) is 10.4 Å². The smallest absolute Gasteiger partial charge is 0.229 e. The molecule has 1 N–H and O–H groups in total. The highest BCUT2D eigenvalue weighted by molar-refractivity contribution is 7.91. The Labute approximate surface area is 155 Å². The fourth-order valence-electron chi connectivity index (χ4n) is 3.15. The first kappa shape index (κ1) is 17.0. The van der Waals surface area contributed by atoms with E-state index in [1.807, 2.05) is 36.4 Å². The van der Waals surface area contributed by atoms with Gasteiger partial charge in [-0.05, 0) is 23.6 Å². The Morgan fingerprint density at radius 2 is 2.00 bits per heavy atom. The van der Waals surface area contributed by atoms with E-state index in [1.165, 1.54) is 10.9 Å². The molecule has 8 heteroatoms. The Hall–Kier alpha value is -2.47. The van der Waals surface area contributed by atoms with Crippen LogP contribution in [0.25, 0.3) is 5.00 Å². The van der Waals surface area contributed by atoms with E-state index in [-0.39, 0.29) is 22.1 Å². The van der Waals surface area contributed by atoms with Crippen LogP contribution < -0.4 is 4.72 Å². The van der Waals surface area contributed by atoms with Crippen LogP contribution in [0.3, 0.4) is 0 Å². The van der Waals surface area contributed by atoms with Crippen molar-refractivity contribution in [1.82, 2.24) is 14.5 Å². The Morgan fingerprint density at radius 3 is 2.69 bits per heavy atom. The monoisotopic (exact) mass is 384 g/mol. The van der Waals surface area contributed by atoms with E-state index in [0.29, 0.717) is 10.6 Å². The molecular weight excluding hydrogens is 368 g/mol. The van der Waals surface area contributed by atoms with Gasteiger partial charge in [-0.25, -0.2) is 17.8 Å². The van der Waals surface area contributed by atoms with Crippen molar-refractivity contribution in [3.05, 3.63) is 66.0 Å². The highest BCUT2D eigenvalue weighted by Gasteiger charge is 2.49. The van der Waals surface area contributed by atoms with E-state index in [9.17, 15) is 8.42 Å². The summed E-state index contributed by atoms with van der Waals surface area (Å²) in [6, 6.07) is 15.1. The van der Waals surface area contributed by atoms with Gasteiger partial charge in [0.15, 0.2) is 0 Å². The predicted octanol–water partition coefficient (Wildman–Crippen LogP) is 2.89. The maximum absolute atomic E-state index is 12.7. The number of thiophene rings is 1. The minimum Gasteiger partial charge on any atom is -0.229 e. The molecule has 0 unspecified atom stereocenters. The summed E-state index contributed by atoms with van der Waals surface area (Å²) >= 11 is 1.13. The van der Waals surface area contributed by atoms with E-state index in [2.05, 4.69) is 16.7 Å². The number of nitrogens with zero attached hydrogens (tertiary/aromatic N) is 3. The topological polar surface area (TPSA) is 87.8 Å². The van der Waals surface area contributed by atoms with Gasteiger partial charge >= 0.3 is 0 Å². The Balaban J connectivity index is 1.52. The van der Waals surface area contributed by atoms with Gasteiger partial charge in [-0.15, -0.1) is 11.3 Å². The van der Waals surface area contributed by atoms with E-state index in [1.54, 1.807) is 18.3 Å². The summed E-state index contributed by atoms with van der Waals surface area (Å²) < 4.78 is 30.0. The number of rotatable bonds is 5. The first-order valence-corrected chi connectivity index (χ1v) is 10.4. The van der Waals surface area contributed by atoms with E-state index >= 15 is 0 Å². The maximum atomic E-state index is 12.7. The summed E-state index contributed by atoms with van der Waals surface area (Å²) in [5, 5.41) is 13.6. The van der Waals surface area contributed by atoms with Crippen LogP contribution in [0.4, 0.5) is 0 Å². The second kappa shape index (κ2) is 6.36. The molecule has 2 aromatic heterocycles. The summed E-state index contributed by atoms with van der Waals surface area (Å²) in [6.45, 7) is 2.05. The molecule has 132 valence electrons. The van der Waals surface area contributed by atoms with Gasteiger partial charge in [0.2, 0.25) is 10.0 Å². The summed E-state index contributed by atoms with van der Waals surface area (Å²) in [6.07, 6.45) is 3.02. The van der Waals surface area contributed by atoms with Crippen molar-refractivity contribution in [3.63, 3.8) is 0 Å². The van der Waals surface area contributed by atoms with Crippen LogP contribution in [0.5, 0.6) is 0 Å². The number of hydrogen-bond donors (Lipinski definition) is 1. The number of nitriles is 1. The maximum Gasteiger partial charge on any atom is 0.250 e. The van der Waals surface area contributed by atoms with Crippen molar-refractivity contribution in [2.75, 3.05) is 0 Å². The molecule has 1 saturated carbocycles. The number of sulfonamides is 1. The van der Waals surface area contributed by atoms with E-state index in [4.69, 9.17) is 5.26 Å². The lowest BCUT2D eigenvalue weighted by Gasteiger charge is -2.04. The minimum atomic E-state index is -3.59. The fourth-order valence-corrected chi connectivity index (χ4v) is 5.74. The number of benzene rings is 1. The lowest BCUT2D eigenvalue weighted by atomic mass is 10.1. The summed E-state index contributed by atoms with van der Waals surface area (Å²) in [4.78, 5) is 0. The number of nitrogens with one attached hydrogen (secondary N) is 1. The summed E-state index contributed by atoms with van der Waals surface area (Å²) in [5.74, 6) is 0.464. The first-order chi connectivity index (χ1) is 12.5. The lowest BCUT2D eigenvalue weighted by Crippen LogP contribution is -2.27. The van der Waals surface area contributed by atoms with Crippen molar-refractivity contribution < 1.29 is 8.42 Å². The van der Waals surface area contributed by atoms with Gasteiger partial charge in [0.05, 0.1) is 11.8 Å². The standard InChI is InChI=1S/C18H16N4O2S2/c1-12-17(14-5-3-2-4-6-14)18(12)21-26(23,24)16-8-7-15(25-16)22-11-13(9-19)10-20-22/h2-8,10-12,17-18,21H,1H3/t12-,17-,18+/m1/s1. The second-order valence-corrected chi connectivity index (χ2v) is 9.32. The number of hydrogen-bond acceptors (Lipinski definition) is 5. The van der Waals surface area contributed by atoms with Crippen LogP contribution in [-0.2, 0) is 10.0 Å². The van der Waals surface area contributed by atoms with Crippen molar-refractivity contribution in [2.24, 2.45) is 5.92 Å². The normalized spacial score (nSPS) is 22.1. The van der Waals surface area contributed by atoms with Crippen molar-refractivity contribution in [1.29, 1.82) is 5.26 Å². The van der Waals surface area contributed by atoms with Gasteiger partial charge in [-0.1, -0.05) is 37.3 Å². The van der Waals surface area contributed by atoms with Crippen LogP contribution in [0.2, 0.25) is 0 Å². The van der Waals surface area contributed by atoms with E-state index < -0.39 is 10.0 Å².